The molecule has 0 unspecified atom stereocenters. The number of benzene rings is 2. The number of nitrogens with one attached hydrogen (secondary N) is 1. The van der Waals surface area contributed by atoms with Gasteiger partial charge < -0.3 is 15.2 Å². The summed E-state index contributed by atoms with van der Waals surface area (Å²) in [5, 5.41) is 13.3. The quantitative estimate of drug-likeness (QED) is 0.793. The van der Waals surface area contributed by atoms with E-state index in [1.165, 1.54) is 5.56 Å². The standard InChI is InChI=1S/C17H21NO2/c1-13-4-3-5-15(17(13)19)12-18-11-10-14-6-8-16(20-2)9-7-14/h3-9,18-19H,10-12H2,1-2H3. The molecule has 3 nitrogen and oxygen atoms in total. The lowest BCUT2D eigenvalue weighted by molar-refractivity contribution is 0.414. The Morgan fingerprint density at radius 1 is 1.10 bits per heavy atom. The molecule has 0 aliphatic rings. The smallest absolute Gasteiger partial charge is 0.122 e. The average Bonchev–Trinajstić information content (AvgIpc) is 2.48. The zero-order valence-electron chi connectivity index (χ0n) is 12.0. The third-order valence-electron chi connectivity index (χ3n) is 3.39. The number of para-hydroxylation sites is 1. The van der Waals surface area contributed by atoms with Crippen LogP contribution in [0.3, 0.4) is 0 Å². The fraction of sp³-hybridized carbons (Fsp3) is 0.294. The van der Waals surface area contributed by atoms with Crippen molar-refractivity contribution in [3.05, 3.63) is 59.2 Å². The van der Waals surface area contributed by atoms with E-state index in [0.717, 1.165) is 29.8 Å². The van der Waals surface area contributed by atoms with E-state index in [0.29, 0.717) is 12.3 Å². The van der Waals surface area contributed by atoms with Gasteiger partial charge in [0.15, 0.2) is 0 Å². The van der Waals surface area contributed by atoms with Crippen LogP contribution >= 0.6 is 0 Å². The number of rotatable bonds is 6. The van der Waals surface area contributed by atoms with Crippen molar-refractivity contribution in [1.29, 1.82) is 0 Å². The summed E-state index contributed by atoms with van der Waals surface area (Å²) in [5.74, 6) is 1.27. The molecule has 0 radical (unpaired) electrons. The largest absolute Gasteiger partial charge is 0.507 e. The number of phenols is 1. The molecule has 0 bridgehead atoms. The molecule has 0 saturated heterocycles. The van der Waals surface area contributed by atoms with Crippen molar-refractivity contribution in [2.75, 3.05) is 13.7 Å². The molecule has 0 aliphatic carbocycles. The summed E-state index contributed by atoms with van der Waals surface area (Å²) in [5.41, 5.74) is 3.13. The van der Waals surface area contributed by atoms with Gasteiger partial charge in [0, 0.05) is 12.1 Å². The second-order valence-corrected chi connectivity index (χ2v) is 4.86. The summed E-state index contributed by atoms with van der Waals surface area (Å²) in [7, 11) is 1.67. The van der Waals surface area contributed by atoms with E-state index < -0.39 is 0 Å². The fourth-order valence-corrected chi connectivity index (χ4v) is 2.11. The lowest BCUT2D eigenvalue weighted by Crippen LogP contribution is -2.16. The van der Waals surface area contributed by atoms with Gasteiger partial charge in [-0.15, -0.1) is 0 Å². The number of hydrogen-bond acceptors (Lipinski definition) is 3. The topological polar surface area (TPSA) is 41.5 Å². The lowest BCUT2D eigenvalue weighted by atomic mass is 10.1. The molecule has 2 aromatic rings. The first-order valence-corrected chi connectivity index (χ1v) is 6.82. The minimum atomic E-state index is 0.393. The lowest BCUT2D eigenvalue weighted by Gasteiger charge is -2.09. The van der Waals surface area contributed by atoms with E-state index >= 15 is 0 Å². The van der Waals surface area contributed by atoms with Crippen molar-refractivity contribution in [3.8, 4) is 11.5 Å². The normalized spacial score (nSPS) is 10.5. The van der Waals surface area contributed by atoms with Crippen molar-refractivity contribution < 1.29 is 9.84 Å². The molecular weight excluding hydrogens is 250 g/mol. The Bertz CT molecular complexity index is 549. The molecule has 0 heterocycles. The Morgan fingerprint density at radius 3 is 2.55 bits per heavy atom. The van der Waals surface area contributed by atoms with E-state index in [9.17, 15) is 5.11 Å². The first-order chi connectivity index (χ1) is 9.70. The third kappa shape index (κ3) is 3.75. The first kappa shape index (κ1) is 14.4. The highest BCUT2D eigenvalue weighted by Crippen LogP contribution is 2.20. The van der Waals surface area contributed by atoms with Crippen molar-refractivity contribution in [1.82, 2.24) is 5.32 Å². The highest BCUT2D eigenvalue weighted by atomic mass is 16.5. The van der Waals surface area contributed by atoms with Crippen LogP contribution in [0, 0.1) is 6.92 Å². The molecule has 0 fully saturated rings. The molecule has 0 spiro atoms. The average molecular weight is 271 g/mol. The zero-order valence-corrected chi connectivity index (χ0v) is 12.0. The molecule has 2 N–H and O–H groups in total. The highest BCUT2D eigenvalue weighted by Gasteiger charge is 2.02. The van der Waals surface area contributed by atoms with Crippen molar-refractivity contribution >= 4 is 0 Å². The third-order valence-corrected chi connectivity index (χ3v) is 3.39. The molecule has 0 saturated carbocycles. The summed E-state index contributed by atoms with van der Waals surface area (Å²) >= 11 is 0. The van der Waals surface area contributed by atoms with Crippen molar-refractivity contribution in [2.45, 2.75) is 19.9 Å². The fourth-order valence-electron chi connectivity index (χ4n) is 2.11. The summed E-state index contributed by atoms with van der Waals surface area (Å²) in [6.07, 6.45) is 0.955. The van der Waals surface area contributed by atoms with E-state index in [4.69, 9.17) is 4.74 Å². The van der Waals surface area contributed by atoms with Crippen LogP contribution in [-0.4, -0.2) is 18.8 Å². The molecular formula is C17H21NO2. The Kier molecular flexibility index (Phi) is 5.02. The molecule has 0 atom stereocenters. The van der Waals surface area contributed by atoms with Crippen molar-refractivity contribution in [2.24, 2.45) is 0 Å². The second-order valence-electron chi connectivity index (χ2n) is 4.86. The molecule has 3 heteroatoms. The van der Waals surface area contributed by atoms with Gasteiger partial charge in [-0.2, -0.15) is 0 Å². The molecule has 0 aliphatic heterocycles. The number of methoxy groups -OCH3 is 1. The Morgan fingerprint density at radius 2 is 1.85 bits per heavy atom. The molecule has 2 rings (SSSR count). The van der Waals surface area contributed by atoms with Crippen LogP contribution in [0.1, 0.15) is 16.7 Å². The van der Waals surface area contributed by atoms with E-state index in [-0.39, 0.29) is 0 Å². The van der Waals surface area contributed by atoms with E-state index in [2.05, 4.69) is 17.4 Å². The SMILES string of the molecule is COc1ccc(CCNCc2cccc(C)c2O)cc1. The monoisotopic (exact) mass is 271 g/mol. The first-order valence-electron chi connectivity index (χ1n) is 6.82. The van der Waals surface area contributed by atoms with Crippen LogP contribution in [0.15, 0.2) is 42.5 Å². The molecule has 106 valence electrons. The Balaban J connectivity index is 1.80. The molecule has 0 amide bonds. The van der Waals surface area contributed by atoms with Gasteiger partial charge in [0.05, 0.1) is 7.11 Å². The predicted octanol–water partition coefficient (Wildman–Crippen LogP) is 3.04. The number of phenolic OH excluding ortho intramolecular Hbond substituents is 1. The van der Waals surface area contributed by atoms with Gasteiger partial charge in [-0.25, -0.2) is 0 Å². The van der Waals surface area contributed by atoms with Crippen LogP contribution in [0.5, 0.6) is 11.5 Å². The summed E-state index contributed by atoms with van der Waals surface area (Å²) < 4.78 is 5.13. The van der Waals surface area contributed by atoms with Crippen molar-refractivity contribution in [3.63, 3.8) is 0 Å². The summed E-state index contributed by atoms with van der Waals surface area (Å²) in [4.78, 5) is 0. The van der Waals surface area contributed by atoms with Gasteiger partial charge in [0.25, 0.3) is 0 Å². The zero-order chi connectivity index (χ0) is 14.4. The summed E-state index contributed by atoms with van der Waals surface area (Å²) in [6.45, 7) is 3.47. The minimum absolute atomic E-state index is 0.393. The van der Waals surface area contributed by atoms with Gasteiger partial charge >= 0.3 is 0 Å². The Hall–Kier alpha value is -2.00. The maximum Gasteiger partial charge on any atom is 0.122 e. The van der Waals surface area contributed by atoms with Gasteiger partial charge in [0.1, 0.15) is 11.5 Å². The predicted molar refractivity (Wildman–Crippen MR) is 81.2 cm³/mol. The van der Waals surface area contributed by atoms with Crippen LogP contribution in [0.25, 0.3) is 0 Å². The van der Waals surface area contributed by atoms with E-state index in [1.54, 1.807) is 7.11 Å². The van der Waals surface area contributed by atoms with Gasteiger partial charge in [0.2, 0.25) is 0 Å². The van der Waals surface area contributed by atoms with Crippen LogP contribution < -0.4 is 10.1 Å². The maximum absolute atomic E-state index is 9.92. The second kappa shape index (κ2) is 6.96. The van der Waals surface area contributed by atoms with Crippen LogP contribution in [-0.2, 0) is 13.0 Å². The number of aromatic hydroxyl groups is 1. The number of hydrogen-bond donors (Lipinski definition) is 2. The molecule has 2 aromatic carbocycles. The highest BCUT2D eigenvalue weighted by molar-refractivity contribution is 5.39. The van der Waals surface area contributed by atoms with Crippen LogP contribution in [0.2, 0.25) is 0 Å². The minimum Gasteiger partial charge on any atom is -0.507 e. The van der Waals surface area contributed by atoms with Gasteiger partial charge in [-0.3, -0.25) is 0 Å². The Labute approximate surface area is 120 Å². The number of aryl methyl sites for hydroxylation is 1. The molecule has 0 aromatic heterocycles. The van der Waals surface area contributed by atoms with Crippen LogP contribution in [0.4, 0.5) is 0 Å². The maximum atomic E-state index is 9.92. The molecule has 20 heavy (non-hydrogen) atoms. The van der Waals surface area contributed by atoms with Gasteiger partial charge in [-0.05, 0) is 43.1 Å². The van der Waals surface area contributed by atoms with E-state index in [1.807, 2.05) is 37.3 Å². The summed E-state index contributed by atoms with van der Waals surface area (Å²) in [6, 6.07) is 13.9. The number of ether oxygens (including phenoxy) is 1. The van der Waals surface area contributed by atoms with Gasteiger partial charge in [-0.1, -0.05) is 30.3 Å².